The minimum Gasteiger partial charge on any atom is -0.346 e. The molecular formula is C9H21BN2. The number of piperazine rings is 1. The molecule has 1 aliphatic heterocycles. The van der Waals surface area contributed by atoms with E-state index < -0.39 is 0 Å². The molecule has 0 N–H and O–H groups in total. The van der Waals surface area contributed by atoms with Gasteiger partial charge in [-0.05, 0) is 18.5 Å². The van der Waals surface area contributed by atoms with E-state index in [9.17, 15) is 0 Å². The maximum absolute atomic E-state index is 2.57. The zero-order chi connectivity index (χ0) is 9.19. The van der Waals surface area contributed by atoms with Crippen LogP contribution in [0.5, 0.6) is 0 Å². The maximum Gasteiger partial charge on any atom is 0.185 e. The zero-order valence-electron chi connectivity index (χ0n) is 8.93. The molecule has 0 radical (unpaired) electrons. The average Bonchev–Trinajstić information content (AvgIpc) is 1.91. The molecule has 1 rings (SSSR count). The van der Waals surface area contributed by atoms with E-state index in [0.29, 0.717) is 5.41 Å². The van der Waals surface area contributed by atoms with Crippen molar-refractivity contribution in [2.75, 3.05) is 32.7 Å². The first kappa shape index (κ1) is 10.1. The van der Waals surface area contributed by atoms with E-state index >= 15 is 0 Å². The normalized spacial score (nSPS) is 22.9. The summed E-state index contributed by atoms with van der Waals surface area (Å²) >= 11 is 0. The predicted molar refractivity (Wildman–Crippen MR) is 56.0 cm³/mol. The van der Waals surface area contributed by atoms with Crippen molar-refractivity contribution in [1.82, 2.24) is 9.71 Å². The van der Waals surface area contributed by atoms with Crippen LogP contribution in [0.25, 0.3) is 0 Å². The average molecular weight is 168 g/mol. The van der Waals surface area contributed by atoms with Crippen LogP contribution >= 0.6 is 0 Å². The van der Waals surface area contributed by atoms with Crippen LogP contribution in [0.2, 0.25) is 0 Å². The quantitative estimate of drug-likeness (QED) is 0.516. The van der Waals surface area contributed by atoms with Crippen LogP contribution in [0, 0.1) is 5.41 Å². The Morgan fingerprint density at radius 1 is 1.08 bits per heavy atom. The van der Waals surface area contributed by atoms with Crippen LogP contribution < -0.4 is 0 Å². The lowest BCUT2D eigenvalue weighted by Gasteiger charge is -2.36. The van der Waals surface area contributed by atoms with Gasteiger partial charge in [-0.25, -0.2) is 0 Å². The highest BCUT2D eigenvalue weighted by Crippen LogP contribution is 2.15. The Morgan fingerprint density at radius 2 is 1.58 bits per heavy atom. The second kappa shape index (κ2) is 3.80. The summed E-state index contributed by atoms with van der Waals surface area (Å²) in [5.74, 6) is 0. The fourth-order valence-electron chi connectivity index (χ4n) is 1.68. The lowest BCUT2D eigenvalue weighted by molar-refractivity contribution is 0.142. The molecule has 0 aromatic heterocycles. The molecule has 12 heavy (non-hydrogen) atoms. The summed E-state index contributed by atoms with van der Waals surface area (Å²) in [5.41, 5.74) is 0.454. The van der Waals surface area contributed by atoms with Gasteiger partial charge in [0.05, 0.1) is 0 Å². The third-order valence-corrected chi connectivity index (χ3v) is 2.29. The number of rotatable bonds is 1. The zero-order valence-corrected chi connectivity index (χ0v) is 8.93. The van der Waals surface area contributed by atoms with Gasteiger partial charge in [0.1, 0.15) is 0 Å². The fourth-order valence-corrected chi connectivity index (χ4v) is 1.68. The van der Waals surface area contributed by atoms with E-state index in [1.807, 2.05) is 0 Å². The Labute approximate surface area is 77.3 Å². The largest absolute Gasteiger partial charge is 0.346 e. The van der Waals surface area contributed by atoms with Crippen LogP contribution in [-0.2, 0) is 0 Å². The van der Waals surface area contributed by atoms with Gasteiger partial charge in [0.25, 0.3) is 0 Å². The Morgan fingerprint density at radius 3 is 2.00 bits per heavy atom. The molecule has 1 aliphatic rings. The first-order chi connectivity index (χ1) is 5.47. The van der Waals surface area contributed by atoms with Crippen LogP contribution in [-0.4, -0.2) is 50.4 Å². The van der Waals surface area contributed by atoms with Crippen molar-refractivity contribution < 1.29 is 0 Å². The summed E-state index contributed by atoms with van der Waals surface area (Å²) in [4.78, 5) is 4.97. The molecule has 0 aromatic rings. The summed E-state index contributed by atoms with van der Waals surface area (Å²) in [6.45, 7) is 13.1. The van der Waals surface area contributed by atoms with E-state index in [4.69, 9.17) is 0 Å². The summed E-state index contributed by atoms with van der Waals surface area (Å²) in [5, 5.41) is 0. The lowest BCUT2D eigenvalue weighted by atomic mass is 9.95. The van der Waals surface area contributed by atoms with Crippen molar-refractivity contribution >= 4 is 7.98 Å². The smallest absolute Gasteiger partial charge is 0.185 e. The van der Waals surface area contributed by atoms with Gasteiger partial charge in [-0.1, -0.05) is 20.8 Å². The van der Waals surface area contributed by atoms with Crippen molar-refractivity contribution in [2.24, 2.45) is 5.41 Å². The summed E-state index contributed by atoms with van der Waals surface area (Å²) < 4.78 is 0. The standard InChI is InChI=1S/C9H21BN2/c1-9(2,3)8-11-4-6-12(10)7-5-11/h4-8,10H2,1-3H3. The van der Waals surface area contributed by atoms with Gasteiger partial charge in [0.15, 0.2) is 7.98 Å². The molecular weight excluding hydrogens is 147 g/mol. The first-order valence-electron chi connectivity index (χ1n) is 4.88. The third-order valence-electron chi connectivity index (χ3n) is 2.29. The molecule has 1 fully saturated rings. The predicted octanol–water partition coefficient (Wildman–Crippen LogP) is 0.198. The van der Waals surface area contributed by atoms with E-state index in [2.05, 4.69) is 38.5 Å². The molecule has 2 nitrogen and oxygen atoms in total. The Bertz CT molecular complexity index is 134. The van der Waals surface area contributed by atoms with Gasteiger partial charge in [-0.15, -0.1) is 0 Å². The van der Waals surface area contributed by atoms with Crippen LogP contribution in [0.3, 0.4) is 0 Å². The second-order valence-corrected chi connectivity index (χ2v) is 5.14. The van der Waals surface area contributed by atoms with Crippen molar-refractivity contribution in [2.45, 2.75) is 20.8 Å². The Hall–Kier alpha value is -0.0151. The molecule has 0 spiro atoms. The lowest BCUT2D eigenvalue weighted by Crippen LogP contribution is -2.47. The van der Waals surface area contributed by atoms with Crippen LogP contribution in [0.15, 0.2) is 0 Å². The van der Waals surface area contributed by atoms with E-state index in [1.54, 1.807) is 0 Å². The third kappa shape index (κ3) is 3.59. The molecule has 0 atom stereocenters. The van der Waals surface area contributed by atoms with E-state index in [1.165, 1.54) is 32.7 Å². The molecule has 3 heteroatoms. The summed E-state index contributed by atoms with van der Waals surface area (Å²) in [6, 6.07) is 0. The van der Waals surface area contributed by atoms with Crippen molar-refractivity contribution in [1.29, 1.82) is 0 Å². The topological polar surface area (TPSA) is 6.48 Å². The Balaban J connectivity index is 2.26. The van der Waals surface area contributed by atoms with E-state index in [0.717, 1.165) is 0 Å². The van der Waals surface area contributed by atoms with E-state index in [-0.39, 0.29) is 0 Å². The number of hydrogen-bond donors (Lipinski definition) is 0. The molecule has 1 saturated heterocycles. The minimum atomic E-state index is 0.454. The number of hydrogen-bond acceptors (Lipinski definition) is 2. The summed E-state index contributed by atoms with van der Waals surface area (Å²) in [6.07, 6.45) is 0. The van der Waals surface area contributed by atoms with Gasteiger partial charge >= 0.3 is 0 Å². The maximum atomic E-state index is 2.57. The molecule has 70 valence electrons. The summed E-state index contributed by atoms with van der Waals surface area (Å²) in [7, 11) is 2.20. The minimum absolute atomic E-state index is 0.454. The molecule has 0 aliphatic carbocycles. The highest BCUT2D eigenvalue weighted by atomic mass is 15.2. The fraction of sp³-hybridized carbons (Fsp3) is 1.00. The molecule has 1 heterocycles. The van der Waals surface area contributed by atoms with Gasteiger partial charge < -0.3 is 9.71 Å². The molecule has 0 unspecified atom stereocenters. The highest BCUT2D eigenvalue weighted by Gasteiger charge is 2.19. The van der Waals surface area contributed by atoms with Gasteiger partial charge in [-0.2, -0.15) is 0 Å². The SMILES string of the molecule is BN1CCN(CC(C)(C)C)CC1. The van der Waals surface area contributed by atoms with Crippen molar-refractivity contribution in [3.8, 4) is 0 Å². The molecule has 0 amide bonds. The van der Waals surface area contributed by atoms with Gasteiger partial charge in [0, 0.05) is 19.6 Å². The van der Waals surface area contributed by atoms with Crippen LogP contribution in [0.4, 0.5) is 0 Å². The highest BCUT2D eigenvalue weighted by molar-refractivity contribution is 6.04. The molecule has 0 saturated carbocycles. The molecule has 0 aromatic carbocycles. The Kier molecular flexibility index (Phi) is 3.19. The first-order valence-corrected chi connectivity index (χ1v) is 4.88. The second-order valence-electron chi connectivity index (χ2n) is 5.14. The van der Waals surface area contributed by atoms with Crippen LogP contribution in [0.1, 0.15) is 20.8 Å². The monoisotopic (exact) mass is 168 g/mol. The van der Waals surface area contributed by atoms with Gasteiger partial charge in [0.2, 0.25) is 0 Å². The van der Waals surface area contributed by atoms with Crippen molar-refractivity contribution in [3.05, 3.63) is 0 Å². The van der Waals surface area contributed by atoms with Gasteiger partial charge in [-0.3, -0.25) is 0 Å². The van der Waals surface area contributed by atoms with Crippen molar-refractivity contribution in [3.63, 3.8) is 0 Å². The number of nitrogens with zero attached hydrogens (tertiary/aromatic N) is 2. The molecule has 0 bridgehead atoms.